The van der Waals surface area contributed by atoms with Crippen molar-refractivity contribution < 1.29 is 8.42 Å². The summed E-state index contributed by atoms with van der Waals surface area (Å²) in [4.78, 5) is 6.60. The molecule has 0 amide bonds. The first-order valence-corrected chi connectivity index (χ1v) is 8.54. The molecule has 0 radical (unpaired) electrons. The number of rotatable bonds is 5. The fraction of sp³-hybridized carbons (Fsp3) is 0.167. The minimum atomic E-state index is -3.69. The van der Waals surface area contributed by atoms with Gasteiger partial charge in [0.25, 0.3) is 10.0 Å². The molecule has 0 bridgehead atoms. The van der Waals surface area contributed by atoms with Crippen LogP contribution in [0.4, 0.5) is 5.82 Å². The summed E-state index contributed by atoms with van der Waals surface area (Å²) < 4.78 is 28.6. The Hall–Kier alpha value is -2.13. The van der Waals surface area contributed by atoms with Gasteiger partial charge in [0.1, 0.15) is 11.6 Å². The van der Waals surface area contributed by atoms with Crippen LogP contribution in [-0.4, -0.2) is 28.2 Å². The van der Waals surface area contributed by atoms with Crippen LogP contribution in [0.2, 0.25) is 0 Å². The van der Waals surface area contributed by atoms with Crippen molar-refractivity contribution in [3.05, 3.63) is 46.7 Å². The number of nitrogens with zero attached hydrogens (tertiary/aromatic N) is 3. The van der Waals surface area contributed by atoms with E-state index in [-0.39, 0.29) is 5.03 Å². The summed E-state index contributed by atoms with van der Waals surface area (Å²) in [7, 11) is -3.69. The molecule has 3 aromatic heterocycles. The van der Waals surface area contributed by atoms with Crippen LogP contribution in [0.15, 0.2) is 40.3 Å². The molecule has 0 aliphatic rings. The third kappa shape index (κ3) is 2.98. The molecule has 0 unspecified atom stereocenters. The zero-order valence-electron chi connectivity index (χ0n) is 11.1. The van der Waals surface area contributed by atoms with Crippen LogP contribution >= 0.6 is 11.3 Å². The van der Waals surface area contributed by atoms with Gasteiger partial charge >= 0.3 is 0 Å². The average Bonchev–Trinajstić information content (AvgIpc) is 3.13. The molecule has 0 aliphatic carbocycles. The van der Waals surface area contributed by atoms with Crippen LogP contribution in [0.5, 0.6) is 0 Å². The monoisotopic (exact) mass is 323 g/mol. The van der Waals surface area contributed by atoms with E-state index in [1.807, 2.05) is 16.8 Å². The normalized spacial score (nSPS) is 11.7. The highest BCUT2D eigenvalue weighted by atomic mass is 32.2. The first kappa shape index (κ1) is 13.8. The molecule has 0 spiro atoms. The van der Waals surface area contributed by atoms with Crippen LogP contribution in [-0.2, 0) is 16.6 Å². The maximum Gasteiger partial charge on any atom is 0.280 e. The first-order chi connectivity index (χ1) is 10.0. The van der Waals surface area contributed by atoms with Crippen LogP contribution in [0.25, 0.3) is 0 Å². The van der Waals surface area contributed by atoms with E-state index >= 15 is 0 Å². The molecule has 0 atom stereocenters. The topological polar surface area (TPSA) is 92.7 Å². The lowest BCUT2D eigenvalue weighted by molar-refractivity contribution is 0.596. The molecule has 110 valence electrons. The van der Waals surface area contributed by atoms with Gasteiger partial charge in [-0.25, -0.2) is 9.67 Å². The van der Waals surface area contributed by atoms with E-state index in [0.29, 0.717) is 18.2 Å². The van der Waals surface area contributed by atoms with Crippen molar-refractivity contribution in [2.75, 3.05) is 4.72 Å². The molecule has 0 saturated carbocycles. The number of H-pyrrole nitrogens is 1. The second-order valence-corrected chi connectivity index (χ2v) is 6.87. The lowest BCUT2D eigenvalue weighted by atomic mass is 10.3. The summed E-state index contributed by atoms with van der Waals surface area (Å²) in [5.41, 5.74) is 1.07. The molecule has 0 aromatic carbocycles. The van der Waals surface area contributed by atoms with E-state index in [9.17, 15) is 8.42 Å². The van der Waals surface area contributed by atoms with Crippen molar-refractivity contribution in [1.82, 2.24) is 19.7 Å². The molecule has 2 N–H and O–H groups in total. The number of imidazole rings is 1. The molecule has 21 heavy (non-hydrogen) atoms. The highest BCUT2D eigenvalue weighted by molar-refractivity contribution is 7.92. The van der Waals surface area contributed by atoms with Gasteiger partial charge in [-0.15, -0.1) is 0 Å². The summed E-state index contributed by atoms with van der Waals surface area (Å²) in [5, 5.41) is 8.14. The molecule has 9 heteroatoms. The number of aryl methyl sites for hydroxylation is 1. The summed E-state index contributed by atoms with van der Waals surface area (Å²) >= 11 is 1.59. The molecule has 0 aliphatic heterocycles. The van der Waals surface area contributed by atoms with Gasteiger partial charge in [0.05, 0.1) is 18.9 Å². The number of hydrogen-bond acceptors (Lipinski definition) is 5. The molecule has 7 nitrogen and oxygen atoms in total. The third-order valence-electron chi connectivity index (χ3n) is 2.84. The van der Waals surface area contributed by atoms with Crippen molar-refractivity contribution in [1.29, 1.82) is 0 Å². The van der Waals surface area contributed by atoms with Crippen molar-refractivity contribution >= 4 is 27.2 Å². The summed E-state index contributed by atoms with van der Waals surface area (Å²) in [6.07, 6.45) is 2.85. The summed E-state index contributed by atoms with van der Waals surface area (Å²) in [6.45, 7) is 2.20. The Balaban J connectivity index is 1.84. The van der Waals surface area contributed by atoms with Crippen LogP contribution in [0.1, 0.15) is 11.4 Å². The highest BCUT2D eigenvalue weighted by Gasteiger charge is 2.18. The van der Waals surface area contributed by atoms with Gasteiger partial charge < -0.3 is 4.98 Å². The molecule has 3 aromatic rings. The number of aromatic nitrogens is 4. The third-order valence-corrected chi connectivity index (χ3v) is 4.83. The van der Waals surface area contributed by atoms with Crippen LogP contribution in [0.3, 0.4) is 0 Å². The van der Waals surface area contributed by atoms with E-state index < -0.39 is 10.0 Å². The van der Waals surface area contributed by atoms with Gasteiger partial charge in [0.2, 0.25) is 0 Å². The molecule has 3 heterocycles. The molecule has 0 fully saturated rings. The SMILES string of the molecule is Cc1ncc(S(=O)(=O)Nc2ccnn2Cc2ccsc2)[nH]1. The predicted molar refractivity (Wildman–Crippen MR) is 79.8 cm³/mol. The molecule has 3 rings (SSSR count). The number of thiophene rings is 1. The largest absolute Gasteiger partial charge is 0.332 e. The van der Waals surface area contributed by atoms with E-state index in [1.165, 1.54) is 6.20 Å². The summed E-state index contributed by atoms with van der Waals surface area (Å²) in [5.74, 6) is 0.954. The number of hydrogen-bond donors (Lipinski definition) is 2. The van der Waals surface area contributed by atoms with E-state index in [4.69, 9.17) is 0 Å². The van der Waals surface area contributed by atoms with E-state index in [1.54, 1.807) is 35.2 Å². The van der Waals surface area contributed by atoms with E-state index in [2.05, 4.69) is 19.8 Å². The van der Waals surface area contributed by atoms with Gasteiger partial charge in [0.15, 0.2) is 5.03 Å². The van der Waals surface area contributed by atoms with Crippen LogP contribution in [0, 0.1) is 6.92 Å². The van der Waals surface area contributed by atoms with Gasteiger partial charge in [0, 0.05) is 6.07 Å². The smallest absolute Gasteiger partial charge is 0.280 e. The Labute approximate surface area is 125 Å². The molecular formula is C12H13N5O2S2. The number of anilines is 1. The van der Waals surface area contributed by atoms with Gasteiger partial charge in [-0.3, -0.25) is 4.72 Å². The zero-order valence-corrected chi connectivity index (χ0v) is 12.8. The van der Waals surface area contributed by atoms with Crippen molar-refractivity contribution in [3.8, 4) is 0 Å². The Bertz CT molecular complexity index is 833. The Morgan fingerprint density at radius 3 is 2.95 bits per heavy atom. The Kier molecular flexibility index (Phi) is 3.52. The Morgan fingerprint density at radius 1 is 1.43 bits per heavy atom. The highest BCUT2D eigenvalue weighted by Crippen LogP contribution is 2.16. The Morgan fingerprint density at radius 2 is 2.29 bits per heavy atom. The lowest BCUT2D eigenvalue weighted by Crippen LogP contribution is -2.17. The molecule has 0 saturated heterocycles. The van der Waals surface area contributed by atoms with Crippen molar-refractivity contribution in [2.24, 2.45) is 0 Å². The van der Waals surface area contributed by atoms with Crippen molar-refractivity contribution in [2.45, 2.75) is 18.5 Å². The number of nitrogens with one attached hydrogen (secondary N) is 2. The maximum atomic E-state index is 12.2. The summed E-state index contributed by atoms with van der Waals surface area (Å²) in [6, 6.07) is 3.59. The van der Waals surface area contributed by atoms with E-state index in [0.717, 1.165) is 5.56 Å². The number of sulfonamides is 1. The minimum absolute atomic E-state index is 0.0308. The molecular weight excluding hydrogens is 310 g/mol. The van der Waals surface area contributed by atoms with Gasteiger partial charge in [-0.2, -0.15) is 24.9 Å². The van der Waals surface area contributed by atoms with Gasteiger partial charge in [-0.1, -0.05) is 0 Å². The standard InChI is InChI=1S/C12H13N5O2S2/c1-9-13-6-12(15-9)21(18,19)16-11-2-4-14-17(11)7-10-3-5-20-8-10/h2-6,8,16H,7H2,1H3,(H,13,15). The zero-order chi connectivity index (χ0) is 14.9. The first-order valence-electron chi connectivity index (χ1n) is 6.12. The second kappa shape index (κ2) is 5.34. The lowest BCUT2D eigenvalue weighted by Gasteiger charge is -2.08. The maximum absolute atomic E-state index is 12.2. The minimum Gasteiger partial charge on any atom is -0.332 e. The predicted octanol–water partition coefficient (Wildman–Crippen LogP) is 1.83. The fourth-order valence-corrected chi connectivity index (χ4v) is 3.52. The second-order valence-electron chi connectivity index (χ2n) is 4.44. The van der Waals surface area contributed by atoms with Crippen molar-refractivity contribution in [3.63, 3.8) is 0 Å². The van der Waals surface area contributed by atoms with Crippen LogP contribution < -0.4 is 4.72 Å². The fourth-order valence-electron chi connectivity index (χ4n) is 1.83. The quantitative estimate of drug-likeness (QED) is 0.749. The number of aromatic amines is 1. The average molecular weight is 323 g/mol. The van der Waals surface area contributed by atoms with Gasteiger partial charge in [-0.05, 0) is 29.3 Å².